The molecule has 2 fully saturated rings. The van der Waals surface area contributed by atoms with Crippen molar-refractivity contribution in [2.45, 2.75) is 83.6 Å². The molecule has 1 aromatic rings. The Bertz CT molecular complexity index is 643. The number of guanidine groups is 1. The lowest BCUT2D eigenvalue weighted by Gasteiger charge is -2.33. The fraction of sp³-hybridized carbons (Fsp3) is 0.857. The van der Waals surface area contributed by atoms with E-state index < -0.39 is 0 Å². The third-order valence-electron chi connectivity index (χ3n) is 6.91. The molecule has 1 aromatic heterocycles. The van der Waals surface area contributed by atoms with E-state index in [-0.39, 0.29) is 0 Å². The quantitative estimate of drug-likeness (QED) is 0.501. The molecule has 0 radical (unpaired) electrons. The fourth-order valence-corrected chi connectivity index (χ4v) is 5.33. The molecule has 1 aliphatic carbocycles. The van der Waals surface area contributed by atoms with Crippen molar-refractivity contribution in [2.75, 3.05) is 26.7 Å². The number of fused-ring (bicyclic) bond motifs is 1. The first kappa shape index (κ1) is 18.8. The molecule has 0 amide bonds. The maximum absolute atomic E-state index is 4.56. The Labute approximate surface area is 163 Å². The number of likely N-dealkylation sites (tertiary alicyclic amines) is 1. The number of nitrogens with one attached hydrogen (secondary N) is 1. The van der Waals surface area contributed by atoms with Gasteiger partial charge >= 0.3 is 0 Å². The zero-order valence-corrected chi connectivity index (χ0v) is 17.0. The van der Waals surface area contributed by atoms with E-state index in [1.54, 1.807) is 0 Å². The largest absolute Gasteiger partial charge is 0.356 e. The molecule has 1 saturated heterocycles. The van der Waals surface area contributed by atoms with E-state index in [0.717, 1.165) is 44.9 Å². The summed E-state index contributed by atoms with van der Waals surface area (Å²) in [6.45, 7) is 4.42. The van der Waals surface area contributed by atoms with Gasteiger partial charge in [0.25, 0.3) is 0 Å². The molecule has 1 saturated carbocycles. The van der Waals surface area contributed by atoms with Gasteiger partial charge in [-0.2, -0.15) is 0 Å². The molecule has 2 aliphatic heterocycles. The first-order chi connectivity index (χ1) is 13.3. The maximum atomic E-state index is 4.56. The fourth-order valence-electron chi connectivity index (χ4n) is 5.33. The Kier molecular flexibility index (Phi) is 5.98. The summed E-state index contributed by atoms with van der Waals surface area (Å²) in [5.41, 5.74) is 0.578. The van der Waals surface area contributed by atoms with Gasteiger partial charge in [-0.25, -0.2) is 0 Å². The Balaban J connectivity index is 1.24. The van der Waals surface area contributed by atoms with Gasteiger partial charge in [0, 0.05) is 46.1 Å². The summed E-state index contributed by atoms with van der Waals surface area (Å²) in [7, 11) is 1.92. The van der Waals surface area contributed by atoms with Gasteiger partial charge in [-0.3, -0.25) is 4.99 Å². The van der Waals surface area contributed by atoms with Gasteiger partial charge in [-0.1, -0.05) is 25.7 Å². The Hall–Kier alpha value is -1.59. The third kappa shape index (κ3) is 4.30. The molecule has 6 heteroatoms. The molecule has 3 heterocycles. The number of aromatic nitrogens is 3. The van der Waals surface area contributed by atoms with E-state index in [4.69, 9.17) is 0 Å². The van der Waals surface area contributed by atoms with E-state index in [9.17, 15) is 0 Å². The summed E-state index contributed by atoms with van der Waals surface area (Å²) < 4.78 is 2.37. The lowest BCUT2D eigenvalue weighted by molar-refractivity contribution is 0.203. The summed E-state index contributed by atoms with van der Waals surface area (Å²) in [6.07, 6.45) is 15.5. The molecule has 0 atom stereocenters. The molecule has 1 spiro atoms. The van der Waals surface area contributed by atoms with Gasteiger partial charge in [0.2, 0.25) is 0 Å². The number of aliphatic imine (C=N–C) groups is 1. The molecule has 3 aliphatic rings. The highest BCUT2D eigenvalue weighted by molar-refractivity contribution is 5.80. The molecular weight excluding hydrogens is 336 g/mol. The van der Waals surface area contributed by atoms with E-state index in [2.05, 4.69) is 30.0 Å². The first-order valence-electron chi connectivity index (χ1n) is 11.2. The zero-order chi connectivity index (χ0) is 18.5. The number of hydrogen-bond donors (Lipinski definition) is 1. The molecule has 0 bridgehead atoms. The molecule has 0 aromatic carbocycles. The first-order valence-corrected chi connectivity index (χ1v) is 11.2. The highest BCUT2D eigenvalue weighted by Crippen LogP contribution is 2.43. The average molecular weight is 373 g/mol. The van der Waals surface area contributed by atoms with Gasteiger partial charge < -0.3 is 14.8 Å². The van der Waals surface area contributed by atoms with Crippen molar-refractivity contribution in [1.29, 1.82) is 0 Å². The van der Waals surface area contributed by atoms with Gasteiger partial charge in [-0.15, -0.1) is 10.2 Å². The average Bonchev–Trinajstić information content (AvgIpc) is 3.18. The molecule has 4 rings (SSSR count). The van der Waals surface area contributed by atoms with Crippen molar-refractivity contribution in [3.05, 3.63) is 11.6 Å². The van der Waals surface area contributed by atoms with Crippen LogP contribution in [-0.4, -0.2) is 52.3 Å². The summed E-state index contributed by atoms with van der Waals surface area (Å²) >= 11 is 0. The highest BCUT2D eigenvalue weighted by atomic mass is 15.3. The van der Waals surface area contributed by atoms with Crippen LogP contribution >= 0.6 is 0 Å². The zero-order valence-electron chi connectivity index (χ0n) is 17.0. The van der Waals surface area contributed by atoms with Crippen LogP contribution in [0.25, 0.3) is 0 Å². The van der Waals surface area contributed by atoms with Crippen molar-refractivity contribution < 1.29 is 0 Å². The van der Waals surface area contributed by atoms with Crippen LogP contribution in [0.15, 0.2) is 4.99 Å². The summed E-state index contributed by atoms with van der Waals surface area (Å²) in [4.78, 5) is 7.06. The highest BCUT2D eigenvalue weighted by Gasteiger charge is 2.39. The smallest absolute Gasteiger partial charge is 0.193 e. The third-order valence-corrected chi connectivity index (χ3v) is 6.91. The molecule has 0 unspecified atom stereocenters. The SMILES string of the molecule is CN=C(NCCCc1nnc2n1CCCCC2)N1CCC2(CCCCC2)C1. The van der Waals surface area contributed by atoms with E-state index in [1.807, 2.05) is 7.05 Å². The van der Waals surface area contributed by atoms with Crippen LogP contribution < -0.4 is 5.32 Å². The van der Waals surface area contributed by atoms with Crippen molar-refractivity contribution >= 4 is 5.96 Å². The van der Waals surface area contributed by atoms with Crippen LogP contribution in [0.2, 0.25) is 0 Å². The Morgan fingerprint density at radius 2 is 1.89 bits per heavy atom. The van der Waals surface area contributed by atoms with Crippen LogP contribution in [0.5, 0.6) is 0 Å². The number of aryl methyl sites for hydroxylation is 2. The number of hydrogen-bond acceptors (Lipinski definition) is 3. The van der Waals surface area contributed by atoms with E-state index >= 15 is 0 Å². The number of nitrogens with zero attached hydrogens (tertiary/aromatic N) is 5. The second-order valence-corrected chi connectivity index (χ2v) is 8.80. The van der Waals surface area contributed by atoms with Crippen molar-refractivity contribution in [3.8, 4) is 0 Å². The Morgan fingerprint density at radius 3 is 2.74 bits per heavy atom. The summed E-state index contributed by atoms with van der Waals surface area (Å²) in [5, 5.41) is 12.5. The number of rotatable bonds is 4. The topological polar surface area (TPSA) is 58.3 Å². The predicted molar refractivity (Wildman–Crippen MR) is 109 cm³/mol. The lowest BCUT2D eigenvalue weighted by Crippen LogP contribution is -2.42. The Morgan fingerprint density at radius 1 is 1.04 bits per heavy atom. The van der Waals surface area contributed by atoms with Gasteiger partial charge in [0.1, 0.15) is 11.6 Å². The molecule has 1 N–H and O–H groups in total. The van der Waals surface area contributed by atoms with Crippen LogP contribution in [-0.2, 0) is 19.4 Å². The summed E-state index contributed by atoms with van der Waals surface area (Å²) in [6, 6.07) is 0. The molecule has 150 valence electrons. The normalized spacial score (nSPS) is 22.7. The minimum absolute atomic E-state index is 0.578. The van der Waals surface area contributed by atoms with Crippen LogP contribution in [0.3, 0.4) is 0 Å². The minimum Gasteiger partial charge on any atom is -0.356 e. The van der Waals surface area contributed by atoms with E-state index in [0.29, 0.717) is 5.41 Å². The molecular formula is C21H36N6. The standard InChI is InChI=1S/C21H36N6/c1-22-20(26-16-13-21(17-26)11-5-3-6-12-21)23-14-8-10-19-25-24-18-9-4-2-7-15-27(18)19/h2-17H2,1H3,(H,22,23). The van der Waals surface area contributed by atoms with Crippen LogP contribution in [0, 0.1) is 5.41 Å². The van der Waals surface area contributed by atoms with Crippen molar-refractivity contribution in [2.24, 2.45) is 10.4 Å². The lowest BCUT2D eigenvalue weighted by atomic mass is 9.73. The van der Waals surface area contributed by atoms with Crippen LogP contribution in [0.1, 0.15) is 75.9 Å². The van der Waals surface area contributed by atoms with Crippen LogP contribution in [0.4, 0.5) is 0 Å². The second kappa shape index (κ2) is 8.61. The van der Waals surface area contributed by atoms with Crippen molar-refractivity contribution in [3.63, 3.8) is 0 Å². The monoisotopic (exact) mass is 372 g/mol. The molecule has 27 heavy (non-hydrogen) atoms. The van der Waals surface area contributed by atoms with Crippen molar-refractivity contribution in [1.82, 2.24) is 25.0 Å². The van der Waals surface area contributed by atoms with Gasteiger partial charge in [0.15, 0.2) is 5.96 Å². The minimum atomic E-state index is 0.578. The summed E-state index contributed by atoms with van der Waals surface area (Å²) in [5.74, 6) is 3.46. The second-order valence-electron chi connectivity index (χ2n) is 8.80. The molecule has 6 nitrogen and oxygen atoms in total. The van der Waals surface area contributed by atoms with E-state index in [1.165, 1.54) is 76.0 Å². The maximum Gasteiger partial charge on any atom is 0.193 e. The van der Waals surface area contributed by atoms with Gasteiger partial charge in [-0.05, 0) is 43.9 Å². The van der Waals surface area contributed by atoms with Gasteiger partial charge in [0.05, 0.1) is 0 Å². The predicted octanol–water partition coefficient (Wildman–Crippen LogP) is 3.17.